The van der Waals surface area contributed by atoms with Crippen LogP contribution >= 0.6 is 0 Å². The molecule has 2 aromatic rings. The third-order valence-electron chi connectivity index (χ3n) is 5.51. The molecule has 0 bridgehead atoms. The van der Waals surface area contributed by atoms with Crippen LogP contribution in [0.3, 0.4) is 0 Å². The number of rotatable bonds is 2. The van der Waals surface area contributed by atoms with Crippen LogP contribution in [-0.2, 0) is 0 Å². The molecule has 1 heterocycles. The molecule has 0 radical (unpaired) electrons. The molecule has 4 rings (SSSR count). The van der Waals surface area contributed by atoms with Gasteiger partial charge >= 0.3 is 0 Å². The van der Waals surface area contributed by atoms with Crippen LogP contribution < -0.4 is 0 Å². The Bertz CT molecular complexity index is 590. The van der Waals surface area contributed by atoms with E-state index in [-0.39, 0.29) is 0 Å². The van der Waals surface area contributed by atoms with Crippen LogP contribution in [0.25, 0.3) is 5.69 Å². The van der Waals surface area contributed by atoms with Crippen LogP contribution in [0.15, 0.2) is 36.7 Å². The molecule has 3 unspecified atom stereocenters. The average Bonchev–Trinajstić information content (AvgIpc) is 3.05. The Morgan fingerprint density at radius 1 is 0.905 bits per heavy atom. The predicted molar refractivity (Wildman–Crippen MR) is 83.4 cm³/mol. The van der Waals surface area contributed by atoms with Crippen molar-refractivity contribution in [1.82, 2.24) is 14.8 Å². The summed E-state index contributed by atoms with van der Waals surface area (Å²) < 4.78 is 2.19. The minimum atomic E-state index is 0.590. The minimum Gasteiger partial charge on any atom is -0.285 e. The summed E-state index contributed by atoms with van der Waals surface area (Å²) >= 11 is 0. The molecule has 3 nitrogen and oxygen atoms in total. The van der Waals surface area contributed by atoms with E-state index in [0.717, 1.165) is 11.8 Å². The summed E-state index contributed by atoms with van der Waals surface area (Å²) in [6, 6.07) is 10.5. The number of hydrogen-bond donors (Lipinski definition) is 0. The number of aromatic nitrogens is 3. The first kappa shape index (κ1) is 13.1. The molecule has 0 amide bonds. The van der Waals surface area contributed by atoms with Crippen LogP contribution in [0, 0.1) is 11.8 Å². The van der Waals surface area contributed by atoms with Crippen molar-refractivity contribution < 1.29 is 0 Å². The van der Waals surface area contributed by atoms with Crippen LogP contribution in [0.2, 0.25) is 0 Å². The largest absolute Gasteiger partial charge is 0.285 e. The Labute approximate surface area is 126 Å². The third kappa shape index (κ3) is 2.50. The van der Waals surface area contributed by atoms with Crippen molar-refractivity contribution in [2.45, 2.75) is 50.9 Å². The van der Waals surface area contributed by atoms with Crippen molar-refractivity contribution in [2.24, 2.45) is 11.8 Å². The molecule has 1 aromatic heterocycles. The van der Waals surface area contributed by atoms with Crippen LogP contribution in [0.1, 0.15) is 56.7 Å². The zero-order valence-electron chi connectivity index (χ0n) is 12.5. The lowest BCUT2D eigenvalue weighted by molar-refractivity contribution is 0.152. The Kier molecular flexibility index (Phi) is 3.50. The average molecular weight is 281 g/mol. The summed E-state index contributed by atoms with van der Waals surface area (Å²) in [4.78, 5) is 0. The summed E-state index contributed by atoms with van der Waals surface area (Å²) in [6.07, 6.45) is 11.6. The first-order valence-electron chi connectivity index (χ1n) is 8.37. The molecule has 1 aromatic carbocycles. The second kappa shape index (κ2) is 5.63. The summed E-state index contributed by atoms with van der Waals surface area (Å²) in [6.45, 7) is 0. The number of para-hydroxylation sites is 1. The fourth-order valence-corrected chi connectivity index (χ4v) is 4.42. The minimum absolute atomic E-state index is 0.590. The van der Waals surface area contributed by atoms with Gasteiger partial charge in [-0.2, -0.15) is 0 Å². The van der Waals surface area contributed by atoms with E-state index in [2.05, 4.69) is 45.1 Å². The van der Waals surface area contributed by atoms with Crippen molar-refractivity contribution in [1.29, 1.82) is 0 Å². The van der Waals surface area contributed by atoms with Gasteiger partial charge in [-0.15, -0.1) is 10.2 Å². The van der Waals surface area contributed by atoms with E-state index in [0.29, 0.717) is 5.92 Å². The van der Waals surface area contributed by atoms with E-state index in [9.17, 15) is 0 Å². The normalized spacial score (nSPS) is 29.0. The lowest BCUT2D eigenvalue weighted by atomic mass is 9.67. The smallest absolute Gasteiger partial charge is 0.140 e. The van der Waals surface area contributed by atoms with Crippen LogP contribution in [0.5, 0.6) is 0 Å². The van der Waals surface area contributed by atoms with Gasteiger partial charge in [0.2, 0.25) is 0 Å². The molecular formula is C18H23N3. The van der Waals surface area contributed by atoms with Gasteiger partial charge in [0.05, 0.1) is 0 Å². The monoisotopic (exact) mass is 281 g/mol. The maximum absolute atomic E-state index is 4.47. The van der Waals surface area contributed by atoms with Gasteiger partial charge in [-0.25, -0.2) is 0 Å². The van der Waals surface area contributed by atoms with Crippen molar-refractivity contribution >= 4 is 0 Å². The Hall–Kier alpha value is -1.64. The van der Waals surface area contributed by atoms with Gasteiger partial charge < -0.3 is 0 Å². The highest BCUT2D eigenvalue weighted by atomic mass is 15.3. The first-order valence-corrected chi connectivity index (χ1v) is 8.37. The molecule has 0 N–H and O–H groups in total. The van der Waals surface area contributed by atoms with Gasteiger partial charge in [-0.3, -0.25) is 4.57 Å². The van der Waals surface area contributed by atoms with E-state index >= 15 is 0 Å². The molecule has 2 aliphatic rings. The summed E-state index contributed by atoms with van der Waals surface area (Å²) in [5.41, 5.74) is 1.18. The van der Waals surface area contributed by atoms with Crippen LogP contribution in [0.4, 0.5) is 0 Å². The topological polar surface area (TPSA) is 30.7 Å². The lowest BCUT2D eigenvalue weighted by Crippen LogP contribution is -2.27. The predicted octanol–water partition coefficient (Wildman–Crippen LogP) is 4.34. The highest BCUT2D eigenvalue weighted by Crippen LogP contribution is 2.45. The fourth-order valence-electron chi connectivity index (χ4n) is 4.42. The number of nitrogens with zero attached hydrogens (tertiary/aromatic N) is 3. The van der Waals surface area contributed by atoms with Gasteiger partial charge in [0, 0.05) is 11.6 Å². The van der Waals surface area contributed by atoms with Gasteiger partial charge in [-0.1, -0.05) is 43.9 Å². The van der Waals surface area contributed by atoms with Gasteiger partial charge in [0.15, 0.2) is 0 Å². The summed E-state index contributed by atoms with van der Waals surface area (Å²) in [7, 11) is 0. The molecule has 110 valence electrons. The molecule has 2 fully saturated rings. The highest BCUT2D eigenvalue weighted by Gasteiger charge is 2.34. The molecule has 0 saturated heterocycles. The Morgan fingerprint density at radius 3 is 2.57 bits per heavy atom. The van der Waals surface area contributed by atoms with E-state index in [1.165, 1.54) is 56.5 Å². The van der Waals surface area contributed by atoms with E-state index in [4.69, 9.17) is 0 Å². The number of fused-ring (bicyclic) bond motifs is 1. The quantitative estimate of drug-likeness (QED) is 0.819. The van der Waals surface area contributed by atoms with Crippen molar-refractivity contribution in [3.63, 3.8) is 0 Å². The van der Waals surface area contributed by atoms with Gasteiger partial charge in [0.1, 0.15) is 12.2 Å². The SMILES string of the molecule is c1ccc(-n2cnnc2C2CCC3CCCCC3C2)cc1. The lowest BCUT2D eigenvalue weighted by Gasteiger charge is -2.39. The standard InChI is InChI=1S/C18H23N3/c1-2-8-17(9-3-1)21-13-19-20-18(21)16-11-10-14-6-4-5-7-15(14)12-16/h1-3,8-9,13-16H,4-7,10-12H2. The van der Waals surface area contributed by atoms with E-state index in [1.54, 1.807) is 0 Å². The van der Waals surface area contributed by atoms with E-state index < -0.39 is 0 Å². The first-order chi connectivity index (χ1) is 10.4. The fraction of sp³-hybridized carbons (Fsp3) is 0.556. The second-order valence-corrected chi connectivity index (χ2v) is 6.71. The zero-order valence-corrected chi connectivity index (χ0v) is 12.5. The molecule has 0 aliphatic heterocycles. The number of hydrogen-bond acceptors (Lipinski definition) is 2. The molecule has 3 heteroatoms. The Balaban J connectivity index is 1.59. The van der Waals surface area contributed by atoms with Crippen molar-refractivity contribution in [3.05, 3.63) is 42.5 Å². The second-order valence-electron chi connectivity index (χ2n) is 6.71. The van der Waals surface area contributed by atoms with Gasteiger partial charge in [0.25, 0.3) is 0 Å². The maximum atomic E-state index is 4.47. The van der Waals surface area contributed by atoms with Crippen LogP contribution in [-0.4, -0.2) is 14.8 Å². The summed E-state index contributed by atoms with van der Waals surface area (Å²) in [5, 5.41) is 8.66. The molecule has 3 atom stereocenters. The van der Waals surface area contributed by atoms with Crippen molar-refractivity contribution in [2.75, 3.05) is 0 Å². The Morgan fingerprint density at radius 2 is 1.71 bits per heavy atom. The highest BCUT2D eigenvalue weighted by molar-refractivity contribution is 5.32. The van der Waals surface area contributed by atoms with Gasteiger partial charge in [-0.05, 0) is 43.2 Å². The molecular weight excluding hydrogens is 258 g/mol. The maximum Gasteiger partial charge on any atom is 0.140 e. The van der Waals surface area contributed by atoms with Crippen molar-refractivity contribution in [3.8, 4) is 5.69 Å². The molecule has 0 spiro atoms. The number of benzene rings is 1. The molecule has 2 aliphatic carbocycles. The molecule has 2 saturated carbocycles. The molecule has 21 heavy (non-hydrogen) atoms. The zero-order chi connectivity index (χ0) is 14.1. The summed E-state index contributed by atoms with van der Waals surface area (Å²) in [5.74, 6) is 3.68. The third-order valence-corrected chi connectivity index (χ3v) is 5.51. The van der Waals surface area contributed by atoms with E-state index in [1.807, 2.05) is 6.33 Å².